The van der Waals surface area contributed by atoms with E-state index in [4.69, 9.17) is 14.5 Å². The van der Waals surface area contributed by atoms with Gasteiger partial charge in [0, 0.05) is 52.2 Å². The third kappa shape index (κ3) is 3.75. The van der Waals surface area contributed by atoms with Gasteiger partial charge in [-0.15, -0.1) is 0 Å². The first-order valence-corrected chi connectivity index (χ1v) is 8.60. The van der Waals surface area contributed by atoms with Crippen LogP contribution in [0.4, 0.5) is 11.8 Å². The predicted molar refractivity (Wildman–Crippen MR) is 91.3 cm³/mol. The number of aryl methyl sites for hydroxylation is 1. The topological polar surface area (TPSA) is 50.7 Å². The molecule has 0 aromatic carbocycles. The molecule has 0 N–H and O–H groups in total. The Morgan fingerprint density at radius 3 is 1.96 bits per heavy atom. The summed E-state index contributed by atoms with van der Waals surface area (Å²) in [6.45, 7) is 6.03. The molecular formula is C17H28N4O2. The van der Waals surface area contributed by atoms with Gasteiger partial charge in [0.1, 0.15) is 5.82 Å². The summed E-state index contributed by atoms with van der Waals surface area (Å²) >= 11 is 0. The Bertz CT molecular complexity index is 509. The van der Waals surface area contributed by atoms with Crippen molar-refractivity contribution in [2.75, 3.05) is 50.2 Å². The van der Waals surface area contributed by atoms with Crippen molar-refractivity contribution in [2.24, 2.45) is 0 Å². The van der Waals surface area contributed by atoms with Gasteiger partial charge in [0.2, 0.25) is 5.95 Å². The van der Waals surface area contributed by atoms with Crippen molar-refractivity contribution in [1.82, 2.24) is 9.97 Å². The van der Waals surface area contributed by atoms with Crippen molar-refractivity contribution in [3.63, 3.8) is 0 Å². The third-order valence-corrected chi connectivity index (χ3v) is 5.07. The molecular weight excluding hydrogens is 292 g/mol. The minimum atomic E-state index is 0.379. The van der Waals surface area contributed by atoms with E-state index in [1.807, 2.05) is 6.20 Å². The molecule has 3 heterocycles. The minimum Gasteiger partial charge on any atom is -0.381 e. The molecule has 1 aromatic heterocycles. The summed E-state index contributed by atoms with van der Waals surface area (Å²) in [6.07, 6.45) is 6.95. The smallest absolute Gasteiger partial charge is 0.227 e. The molecule has 1 aromatic rings. The van der Waals surface area contributed by atoms with Crippen LogP contribution < -0.4 is 9.80 Å². The summed E-state index contributed by atoms with van der Waals surface area (Å²) in [5.41, 5.74) is 1.15. The van der Waals surface area contributed by atoms with Crippen LogP contribution in [0.2, 0.25) is 0 Å². The highest BCUT2D eigenvalue weighted by atomic mass is 16.5. The van der Waals surface area contributed by atoms with E-state index in [9.17, 15) is 0 Å². The molecule has 0 bridgehead atoms. The fraction of sp³-hybridized carbons (Fsp3) is 0.765. The average molecular weight is 320 g/mol. The molecule has 2 fully saturated rings. The van der Waals surface area contributed by atoms with Crippen LogP contribution in [0.3, 0.4) is 0 Å². The van der Waals surface area contributed by atoms with Gasteiger partial charge in [-0.2, -0.15) is 4.98 Å². The number of piperidine rings is 2. The van der Waals surface area contributed by atoms with Gasteiger partial charge >= 0.3 is 0 Å². The number of ether oxygens (including phenoxy) is 2. The molecule has 23 heavy (non-hydrogen) atoms. The summed E-state index contributed by atoms with van der Waals surface area (Å²) in [7, 11) is 3.60. The van der Waals surface area contributed by atoms with Crippen molar-refractivity contribution in [2.45, 2.75) is 44.8 Å². The first-order chi connectivity index (χ1) is 11.2. The molecule has 0 aliphatic carbocycles. The summed E-state index contributed by atoms with van der Waals surface area (Å²) in [4.78, 5) is 14.1. The monoisotopic (exact) mass is 320 g/mol. The SMILES string of the molecule is COC1CCN(c2ncc(C)c(N3CCC(OC)CC3)n2)CC1. The average Bonchev–Trinajstić information content (AvgIpc) is 2.62. The van der Waals surface area contributed by atoms with Crippen LogP contribution in [0.15, 0.2) is 6.20 Å². The first-order valence-electron chi connectivity index (χ1n) is 8.60. The third-order valence-electron chi connectivity index (χ3n) is 5.07. The molecule has 0 unspecified atom stereocenters. The van der Waals surface area contributed by atoms with Crippen LogP contribution >= 0.6 is 0 Å². The molecule has 0 amide bonds. The Hall–Kier alpha value is -1.40. The Kier molecular flexibility index (Phi) is 5.33. The highest BCUT2D eigenvalue weighted by Crippen LogP contribution is 2.25. The second-order valence-corrected chi connectivity index (χ2v) is 6.52. The van der Waals surface area contributed by atoms with Gasteiger partial charge in [-0.1, -0.05) is 0 Å². The number of aromatic nitrogens is 2. The van der Waals surface area contributed by atoms with E-state index in [-0.39, 0.29) is 0 Å². The molecule has 0 spiro atoms. The highest BCUT2D eigenvalue weighted by Gasteiger charge is 2.24. The summed E-state index contributed by atoms with van der Waals surface area (Å²) in [6, 6.07) is 0. The van der Waals surface area contributed by atoms with Gasteiger partial charge in [-0.3, -0.25) is 0 Å². The zero-order chi connectivity index (χ0) is 16.2. The van der Waals surface area contributed by atoms with Crippen molar-refractivity contribution in [1.29, 1.82) is 0 Å². The molecule has 2 aliphatic heterocycles. The quantitative estimate of drug-likeness (QED) is 0.846. The van der Waals surface area contributed by atoms with Crippen molar-refractivity contribution in [3.8, 4) is 0 Å². The lowest BCUT2D eigenvalue weighted by Gasteiger charge is -2.34. The number of hydrogen-bond acceptors (Lipinski definition) is 6. The lowest BCUT2D eigenvalue weighted by molar-refractivity contribution is 0.0814. The number of anilines is 2. The maximum absolute atomic E-state index is 5.47. The predicted octanol–water partition coefficient (Wildman–Crippen LogP) is 2.02. The number of rotatable bonds is 4. The van der Waals surface area contributed by atoms with Crippen LogP contribution in [0, 0.1) is 6.92 Å². The van der Waals surface area contributed by atoms with E-state index in [1.54, 1.807) is 14.2 Å². The van der Waals surface area contributed by atoms with Crippen molar-refractivity contribution in [3.05, 3.63) is 11.8 Å². The van der Waals surface area contributed by atoms with Gasteiger partial charge in [0.05, 0.1) is 12.2 Å². The van der Waals surface area contributed by atoms with Gasteiger partial charge in [0.15, 0.2) is 0 Å². The summed E-state index contributed by atoms with van der Waals surface area (Å²) in [5, 5.41) is 0. The molecule has 128 valence electrons. The number of nitrogens with zero attached hydrogens (tertiary/aromatic N) is 4. The summed E-state index contributed by atoms with van der Waals surface area (Å²) in [5.74, 6) is 1.94. The zero-order valence-electron chi connectivity index (χ0n) is 14.5. The van der Waals surface area contributed by atoms with Crippen LogP contribution in [0.25, 0.3) is 0 Å². The van der Waals surface area contributed by atoms with Gasteiger partial charge in [-0.25, -0.2) is 4.98 Å². The first kappa shape index (κ1) is 16.5. The maximum atomic E-state index is 5.47. The largest absolute Gasteiger partial charge is 0.381 e. The molecule has 0 saturated carbocycles. The van der Waals surface area contributed by atoms with Crippen LogP contribution in [-0.2, 0) is 9.47 Å². The summed E-state index contributed by atoms with van der Waals surface area (Å²) < 4.78 is 10.9. The van der Waals surface area contributed by atoms with E-state index >= 15 is 0 Å². The Morgan fingerprint density at radius 1 is 0.913 bits per heavy atom. The van der Waals surface area contributed by atoms with Crippen molar-refractivity contribution < 1.29 is 9.47 Å². The van der Waals surface area contributed by atoms with Gasteiger partial charge in [-0.05, 0) is 32.6 Å². The molecule has 6 heteroatoms. The second-order valence-electron chi connectivity index (χ2n) is 6.52. The zero-order valence-corrected chi connectivity index (χ0v) is 14.5. The van der Waals surface area contributed by atoms with E-state index in [2.05, 4.69) is 21.7 Å². The van der Waals surface area contributed by atoms with E-state index in [0.29, 0.717) is 12.2 Å². The molecule has 2 aliphatic rings. The molecule has 3 rings (SSSR count). The highest BCUT2D eigenvalue weighted by molar-refractivity contribution is 5.50. The van der Waals surface area contributed by atoms with E-state index < -0.39 is 0 Å². The van der Waals surface area contributed by atoms with Crippen LogP contribution in [0.1, 0.15) is 31.2 Å². The standard InChI is InChI=1S/C17H28N4O2/c1-13-12-18-17(21-10-6-15(23-3)7-11-21)19-16(13)20-8-4-14(22-2)5-9-20/h12,14-15H,4-11H2,1-3H3. The molecule has 2 saturated heterocycles. The van der Waals surface area contributed by atoms with Gasteiger partial charge in [0.25, 0.3) is 0 Å². The number of methoxy groups -OCH3 is 2. The fourth-order valence-electron chi connectivity index (χ4n) is 3.49. The molecule has 0 atom stereocenters. The number of hydrogen-bond donors (Lipinski definition) is 0. The van der Waals surface area contributed by atoms with Gasteiger partial charge < -0.3 is 19.3 Å². The molecule has 0 radical (unpaired) electrons. The lowest BCUT2D eigenvalue weighted by Crippen LogP contribution is -2.39. The Labute approximate surface area is 138 Å². The minimum absolute atomic E-state index is 0.379. The fourth-order valence-corrected chi connectivity index (χ4v) is 3.49. The maximum Gasteiger partial charge on any atom is 0.227 e. The van der Waals surface area contributed by atoms with Crippen LogP contribution in [0.5, 0.6) is 0 Å². The Balaban J connectivity index is 1.70. The van der Waals surface area contributed by atoms with Crippen molar-refractivity contribution >= 4 is 11.8 Å². The Morgan fingerprint density at radius 2 is 1.43 bits per heavy atom. The lowest BCUT2D eigenvalue weighted by atomic mass is 10.1. The van der Waals surface area contributed by atoms with Crippen LogP contribution in [-0.4, -0.2) is 62.6 Å². The normalized spacial score (nSPS) is 21.0. The molecule has 6 nitrogen and oxygen atoms in total. The van der Waals surface area contributed by atoms with E-state index in [1.165, 1.54) is 0 Å². The van der Waals surface area contributed by atoms with E-state index in [0.717, 1.165) is 69.2 Å². The second kappa shape index (κ2) is 7.45.